The Bertz CT molecular complexity index is 1590. The maximum atomic E-state index is 6.04. The first-order valence-corrected chi connectivity index (χ1v) is 12.4. The molecule has 0 bridgehead atoms. The number of hydrogen-bond donors (Lipinski definition) is 0. The summed E-state index contributed by atoms with van der Waals surface area (Å²) >= 11 is 6.04. The highest BCUT2D eigenvalue weighted by Gasteiger charge is 2.12. The molecule has 0 radical (unpaired) electrons. The molecule has 4 heteroatoms. The Hall–Kier alpha value is -4.60. The van der Waals surface area contributed by atoms with Crippen LogP contribution in [0.15, 0.2) is 133 Å². The topological polar surface area (TPSA) is 38.7 Å². The minimum Gasteiger partial charge on any atom is -0.208 e. The van der Waals surface area contributed by atoms with E-state index in [9.17, 15) is 0 Å². The Morgan fingerprint density at radius 1 is 0.324 bits per heavy atom. The van der Waals surface area contributed by atoms with Crippen LogP contribution < -0.4 is 0 Å². The molecule has 0 aliphatic carbocycles. The average molecular weight is 496 g/mol. The summed E-state index contributed by atoms with van der Waals surface area (Å²) in [7, 11) is 0. The van der Waals surface area contributed by atoms with E-state index in [0.717, 1.165) is 44.0 Å². The van der Waals surface area contributed by atoms with Crippen molar-refractivity contribution in [3.63, 3.8) is 0 Å². The van der Waals surface area contributed by atoms with E-state index in [4.69, 9.17) is 26.6 Å². The molecule has 6 aromatic rings. The van der Waals surface area contributed by atoms with Gasteiger partial charge in [0.05, 0.1) is 0 Å². The fraction of sp³-hybridized carbons (Fsp3) is 0. The minimum absolute atomic E-state index is 0.646. The molecule has 0 aliphatic heterocycles. The molecule has 3 nitrogen and oxygen atoms in total. The molecule has 0 fully saturated rings. The van der Waals surface area contributed by atoms with E-state index in [2.05, 4.69) is 36.4 Å². The molecule has 0 unspecified atom stereocenters. The largest absolute Gasteiger partial charge is 0.208 e. The zero-order valence-corrected chi connectivity index (χ0v) is 20.7. The maximum absolute atomic E-state index is 6.04. The van der Waals surface area contributed by atoms with Gasteiger partial charge in [0.2, 0.25) is 0 Å². The summed E-state index contributed by atoms with van der Waals surface area (Å²) in [6.07, 6.45) is 0. The number of benzene rings is 5. The van der Waals surface area contributed by atoms with Crippen LogP contribution in [-0.4, -0.2) is 15.0 Å². The molecule has 0 saturated heterocycles. The van der Waals surface area contributed by atoms with Gasteiger partial charge >= 0.3 is 0 Å². The minimum atomic E-state index is 0.646. The Morgan fingerprint density at radius 3 is 1.22 bits per heavy atom. The van der Waals surface area contributed by atoms with Crippen molar-refractivity contribution in [3.8, 4) is 56.4 Å². The maximum Gasteiger partial charge on any atom is 0.164 e. The molecular formula is C33H22ClN3. The van der Waals surface area contributed by atoms with Crippen LogP contribution in [0, 0.1) is 0 Å². The van der Waals surface area contributed by atoms with Crippen LogP contribution in [0.5, 0.6) is 0 Å². The molecule has 1 heterocycles. The van der Waals surface area contributed by atoms with Gasteiger partial charge in [-0.15, -0.1) is 0 Å². The Labute approximate surface area is 221 Å². The summed E-state index contributed by atoms with van der Waals surface area (Å²) in [6.45, 7) is 0. The number of aromatic nitrogens is 3. The third-order valence-electron chi connectivity index (χ3n) is 6.22. The Morgan fingerprint density at radius 2 is 0.703 bits per heavy atom. The quantitative estimate of drug-likeness (QED) is 0.240. The molecule has 0 aliphatic rings. The van der Waals surface area contributed by atoms with E-state index in [1.54, 1.807) is 0 Å². The zero-order valence-electron chi connectivity index (χ0n) is 19.9. The molecule has 176 valence electrons. The summed E-state index contributed by atoms with van der Waals surface area (Å²) in [5, 5.41) is 0.737. The summed E-state index contributed by atoms with van der Waals surface area (Å²) in [5.74, 6) is 1.96. The second kappa shape index (κ2) is 10.2. The van der Waals surface area contributed by atoms with E-state index < -0.39 is 0 Å². The van der Waals surface area contributed by atoms with Gasteiger partial charge in [-0.2, -0.15) is 0 Å². The van der Waals surface area contributed by atoms with Crippen LogP contribution in [0.1, 0.15) is 0 Å². The van der Waals surface area contributed by atoms with Gasteiger partial charge in [0.15, 0.2) is 17.5 Å². The highest BCUT2D eigenvalue weighted by atomic mass is 35.5. The first-order chi connectivity index (χ1) is 18.2. The monoisotopic (exact) mass is 495 g/mol. The molecule has 0 amide bonds. The summed E-state index contributed by atoms with van der Waals surface area (Å²) in [5.41, 5.74) is 7.36. The third-order valence-corrected chi connectivity index (χ3v) is 6.47. The van der Waals surface area contributed by atoms with Crippen LogP contribution >= 0.6 is 11.6 Å². The lowest BCUT2D eigenvalue weighted by Crippen LogP contribution is -2.00. The SMILES string of the molecule is Clc1ccc(-c2ccc(-c3cccc(-c4nc(-c5ccccc5)nc(-c5ccccc5)n4)c3)cc2)cc1. The van der Waals surface area contributed by atoms with Crippen molar-refractivity contribution >= 4 is 11.6 Å². The van der Waals surface area contributed by atoms with Crippen molar-refractivity contribution in [1.82, 2.24) is 15.0 Å². The predicted molar refractivity (Wildman–Crippen MR) is 152 cm³/mol. The molecule has 1 aromatic heterocycles. The van der Waals surface area contributed by atoms with E-state index >= 15 is 0 Å². The number of rotatable bonds is 5. The van der Waals surface area contributed by atoms with Crippen molar-refractivity contribution in [3.05, 3.63) is 138 Å². The molecule has 0 atom stereocenters. The second-order valence-corrected chi connectivity index (χ2v) is 9.14. The second-order valence-electron chi connectivity index (χ2n) is 8.70. The molecule has 0 saturated carbocycles. The van der Waals surface area contributed by atoms with Crippen molar-refractivity contribution in [2.45, 2.75) is 0 Å². The average Bonchev–Trinajstić information content (AvgIpc) is 2.98. The van der Waals surface area contributed by atoms with Gasteiger partial charge in [-0.05, 0) is 40.5 Å². The van der Waals surface area contributed by atoms with Crippen LogP contribution in [0.4, 0.5) is 0 Å². The van der Waals surface area contributed by atoms with Gasteiger partial charge in [-0.1, -0.05) is 127 Å². The van der Waals surface area contributed by atoms with Gasteiger partial charge in [0.25, 0.3) is 0 Å². The van der Waals surface area contributed by atoms with Crippen molar-refractivity contribution in [1.29, 1.82) is 0 Å². The molecular weight excluding hydrogens is 474 g/mol. The standard InChI is InChI=1S/C33H22ClN3/c34-30-20-18-24(19-21-30)23-14-16-25(17-15-23)28-12-7-13-29(22-28)33-36-31(26-8-3-1-4-9-26)35-32(37-33)27-10-5-2-6-11-27/h1-22H. The van der Waals surface area contributed by atoms with E-state index in [1.165, 1.54) is 0 Å². The van der Waals surface area contributed by atoms with Crippen molar-refractivity contribution in [2.24, 2.45) is 0 Å². The zero-order chi connectivity index (χ0) is 25.0. The van der Waals surface area contributed by atoms with E-state index in [-0.39, 0.29) is 0 Å². The number of halogens is 1. The third kappa shape index (κ3) is 5.04. The van der Waals surface area contributed by atoms with Crippen LogP contribution in [0.2, 0.25) is 5.02 Å². The lowest BCUT2D eigenvalue weighted by Gasteiger charge is -2.10. The van der Waals surface area contributed by atoms with Gasteiger partial charge in [0.1, 0.15) is 0 Å². The van der Waals surface area contributed by atoms with E-state index in [1.807, 2.05) is 97.1 Å². The van der Waals surface area contributed by atoms with Gasteiger partial charge in [-0.3, -0.25) is 0 Å². The lowest BCUT2D eigenvalue weighted by atomic mass is 9.99. The van der Waals surface area contributed by atoms with Crippen LogP contribution in [-0.2, 0) is 0 Å². The Balaban J connectivity index is 1.39. The van der Waals surface area contributed by atoms with Crippen LogP contribution in [0.25, 0.3) is 56.4 Å². The van der Waals surface area contributed by atoms with Crippen LogP contribution in [0.3, 0.4) is 0 Å². The first kappa shape index (κ1) is 22.8. The molecule has 6 rings (SSSR count). The fourth-order valence-electron chi connectivity index (χ4n) is 4.27. The van der Waals surface area contributed by atoms with Gasteiger partial charge in [-0.25, -0.2) is 15.0 Å². The fourth-order valence-corrected chi connectivity index (χ4v) is 4.40. The predicted octanol–water partition coefficient (Wildman–Crippen LogP) is 8.86. The van der Waals surface area contributed by atoms with Gasteiger partial charge in [0, 0.05) is 21.7 Å². The molecule has 5 aromatic carbocycles. The number of hydrogen-bond acceptors (Lipinski definition) is 3. The lowest BCUT2D eigenvalue weighted by molar-refractivity contribution is 1.07. The smallest absolute Gasteiger partial charge is 0.164 e. The highest BCUT2D eigenvalue weighted by Crippen LogP contribution is 2.30. The molecule has 0 N–H and O–H groups in total. The normalized spacial score (nSPS) is 10.8. The summed E-state index contributed by atoms with van der Waals surface area (Å²) < 4.78 is 0. The number of nitrogens with zero attached hydrogens (tertiary/aromatic N) is 3. The Kier molecular flexibility index (Phi) is 6.28. The highest BCUT2D eigenvalue weighted by molar-refractivity contribution is 6.30. The van der Waals surface area contributed by atoms with Crippen molar-refractivity contribution in [2.75, 3.05) is 0 Å². The molecule has 0 spiro atoms. The summed E-state index contributed by atoms with van der Waals surface area (Å²) in [6, 6.07) is 44.8. The van der Waals surface area contributed by atoms with E-state index in [0.29, 0.717) is 17.5 Å². The molecule has 37 heavy (non-hydrogen) atoms. The summed E-state index contributed by atoms with van der Waals surface area (Å²) in [4.78, 5) is 14.5. The first-order valence-electron chi connectivity index (χ1n) is 12.1. The van der Waals surface area contributed by atoms with Gasteiger partial charge < -0.3 is 0 Å². The van der Waals surface area contributed by atoms with Crippen molar-refractivity contribution < 1.29 is 0 Å².